The first kappa shape index (κ1) is 25.7. The molecule has 3 rings (SSSR count). The van der Waals surface area contributed by atoms with Gasteiger partial charge in [-0.3, -0.25) is 14.9 Å². The van der Waals surface area contributed by atoms with Crippen molar-refractivity contribution < 1.29 is 27.1 Å². The number of anilines is 1. The number of carbonyl (C=O) groups is 1. The lowest BCUT2D eigenvalue weighted by Gasteiger charge is -2.11. The minimum atomic E-state index is -4.32. The summed E-state index contributed by atoms with van der Waals surface area (Å²) < 4.78 is 36.4. The van der Waals surface area contributed by atoms with Crippen LogP contribution in [-0.2, 0) is 14.9 Å². The summed E-state index contributed by atoms with van der Waals surface area (Å²) in [5.74, 6) is -0.737. The normalized spacial score (nSPS) is 11.3. The van der Waals surface area contributed by atoms with Gasteiger partial charge in [0.1, 0.15) is 16.5 Å². The van der Waals surface area contributed by atoms with Crippen LogP contribution in [0.1, 0.15) is 5.56 Å². The summed E-state index contributed by atoms with van der Waals surface area (Å²) >= 11 is 2.10. The van der Waals surface area contributed by atoms with Crippen molar-refractivity contribution in [3.63, 3.8) is 0 Å². The predicted molar refractivity (Wildman–Crippen MR) is 135 cm³/mol. The van der Waals surface area contributed by atoms with E-state index < -0.39 is 20.9 Å². The number of nitriles is 1. The van der Waals surface area contributed by atoms with Gasteiger partial charge in [-0.1, -0.05) is 12.1 Å². The molecule has 0 bridgehead atoms. The van der Waals surface area contributed by atoms with Crippen LogP contribution in [-0.4, -0.2) is 26.4 Å². The van der Waals surface area contributed by atoms with E-state index in [2.05, 4.69) is 27.9 Å². The summed E-state index contributed by atoms with van der Waals surface area (Å²) in [6.07, 6.45) is 1.32. The van der Waals surface area contributed by atoms with E-state index in [4.69, 9.17) is 8.92 Å². The van der Waals surface area contributed by atoms with E-state index in [-0.39, 0.29) is 27.7 Å². The minimum Gasteiger partial charge on any atom is -0.493 e. The fraction of sp³-hybridized carbons (Fsp3) is 0.0435. The zero-order valence-electron chi connectivity index (χ0n) is 18.0. The highest BCUT2D eigenvalue weighted by molar-refractivity contribution is 14.1. The third-order valence-corrected chi connectivity index (χ3v) is 6.40. The van der Waals surface area contributed by atoms with Gasteiger partial charge in [0, 0.05) is 21.4 Å². The topological polar surface area (TPSA) is 149 Å². The summed E-state index contributed by atoms with van der Waals surface area (Å²) in [5, 5.41) is 22.9. The van der Waals surface area contributed by atoms with E-state index >= 15 is 0 Å². The molecule has 0 aromatic heterocycles. The number of rotatable bonds is 8. The van der Waals surface area contributed by atoms with Crippen LogP contribution in [0.2, 0.25) is 0 Å². The number of non-ortho nitro benzene ring substituents is 1. The molecule has 0 aliphatic heterocycles. The van der Waals surface area contributed by atoms with Crippen LogP contribution in [0.15, 0.2) is 77.2 Å². The second kappa shape index (κ2) is 11.0. The number of benzene rings is 3. The third kappa shape index (κ3) is 6.55. The lowest BCUT2D eigenvalue weighted by atomic mass is 10.1. The zero-order chi connectivity index (χ0) is 25.6. The van der Waals surface area contributed by atoms with Crippen molar-refractivity contribution in [1.29, 1.82) is 5.26 Å². The van der Waals surface area contributed by atoms with Crippen molar-refractivity contribution in [2.24, 2.45) is 0 Å². The standard InChI is InChI=1S/C23H16IN3O7S/c1-33-22-12-15(11-16(14-25)23(28)26-18-4-2-3-17(24)13-18)5-10-21(22)34-35(31,32)20-8-6-19(7-9-20)27(29)30/h2-13H,1H3,(H,26,28)/b16-11+. The highest BCUT2D eigenvalue weighted by Gasteiger charge is 2.21. The number of ether oxygens (including phenoxy) is 1. The molecular weight excluding hydrogens is 589 g/mol. The van der Waals surface area contributed by atoms with Crippen LogP contribution in [0, 0.1) is 25.0 Å². The average molecular weight is 605 g/mol. The van der Waals surface area contributed by atoms with Gasteiger partial charge < -0.3 is 14.2 Å². The number of hydrogen-bond acceptors (Lipinski definition) is 8. The molecule has 0 heterocycles. The summed E-state index contributed by atoms with van der Waals surface area (Å²) in [7, 11) is -3.02. The van der Waals surface area contributed by atoms with Gasteiger partial charge in [0.25, 0.3) is 11.6 Å². The molecule has 0 spiro atoms. The summed E-state index contributed by atoms with van der Waals surface area (Å²) in [6, 6.07) is 17.3. The van der Waals surface area contributed by atoms with E-state index in [1.165, 1.54) is 31.4 Å². The van der Waals surface area contributed by atoms with Gasteiger partial charge in [-0.15, -0.1) is 0 Å². The number of nitrogens with zero attached hydrogens (tertiary/aromatic N) is 2. The maximum absolute atomic E-state index is 12.6. The van der Waals surface area contributed by atoms with Crippen molar-refractivity contribution in [1.82, 2.24) is 0 Å². The Morgan fingerprint density at radius 2 is 1.83 bits per heavy atom. The first-order valence-corrected chi connectivity index (χ1v) is 12.2. The van der Waals surface area contributed by atoms with Crippen LogP contribution in [0.4, 0.5) is 11.4 Å². The molecule has 0 saturated carbocycles. The van der Waals surface area contributed by atoms with E-state index in [1.807, 2.05) is 12.1 Å². The lowest BCUT2D eigenvalue weighted by Crippen LogP contribution is -2.13. The third-order valence-electron chi connectivity index (χ3n) is 4.48. The largest absolute Gasteiger partial charge is 0.493 e. The Hall–Kier alpha value is -3.96. The highest BCUT2D eigenvalue weighted by atomic mass is 127. The molecule has 0 aliphatic rings. The number of amides is 1. The number of hydrogen-bond donors (Lipinski definition) is 1. The Labute approximate surface area is 214 Å². The molecule has 0 radical (unpaired) electrons. The van der Waals surface area contributed by atoms with E-state index in [0.29, 0.717) is 11.3 Å². The number of halogens is 1. The second-order valence-corrected chi connectivity index (χ2v) is 9.63. The van der Waals surface area contributed by atoms with Gasteiger partial charge in [-0.25, -0.2) is 0 Å². The van der Waals surface area contributed by atoms with Crippen molar-refractivity contribution in [3.05, 3.63) is 91.6 Å². The molecule has 3 aromatic rings. The van der Waals surface area contributed by atoms with Gasteiger partial charge in [-0.2, -0.15) is 13.7 Å². The molecular formula is C23H16IN3O7S. The average Bonchev–Trinajstić information content (AvgIpc) is 2.83. The van der Waals surface area contributed by atoms with Gasteiger partial charge >= 0.3 is 10.1 Å². The van der Waals surface area contributed by atoms with Crippen LogP contribution in [0.5, 0.6) is 11.5 Å². The SMILES string of the molecule is COc1cc(/C=C(\C#N)C(=O)Nc2cccc(I)c2)ccc1OS(=O)(=O)c1ccc([N+](=O)[O-])cc1. The second-order valence-electron chi connectivity index (χ2n) is 6.83. The highest BCUT2D eigenvalue weighted by Crippen LogP contribution is 2.32. The Morgan fingerprint density at radius 3 is 2.43 bits per heavy atom. The van der Waals surface area contributed by atoms with Crippen molar-refractivity contribution >= 4 is 56.1 Å². The minimum absolute atomic E-state index is 0.0274. The van der Waals surface area contributed by atoms with Crippen LogP contribution < -0.4 is 14.2 Å². The quantitative estimate of drug-likeness (QED) is 0.0984. The molecule has 35 heavy (non-hydrogen) atoms. The van der Waals surface area contributed by atoms with Crippen LogP contribution in [0.3, 0.4) is 0 Å². The van der Waals surface area contributed by atoms with Gasteiger partial charge in [0.05, 0.1) is 12.0 Å². The zero-order valence-corrected chi connectivity index (χ0v) is 20.9. The molecule has 12 heteroatoms. The summed E-state index contributed by atoms with van der Waals surface area (Å²) in [5.41, 5.74) is 0.465. The Bertz CT molecular complexity index is 1460. The monoisotopic (exact) mass is 605 g/mol. The fourth-order valence-corrected chi connectivity index (χ4v) is 4.31. The summed E-state index contributed by atoms with van der Waals surface area (Å²) in [6.45, 7) is 0. The number of carbonyl (C=O) groups excluding carboxylic acids is 1. The molecule has 0 aliphatic carbocycles. The Balaban J connectivity index is 1.83. The Morgan fingerprint density at radius 1 is 1.11 bits per heavy atom. The van der Waals surface area contributed by atoms with E-state index in [0.717, 1.165) is 27.8 Å². The molecule has 10 nitrogen and oxygen atoms in total. The van der Waals surface area contributed by atoms with Crippen molar-refractivity contribution in [3.8, 4) is 17.6 Å². The maximum atomic E-state index is 12.6. The van der Waals surface area contributed by atoms with Crippen molar-refractivity contribution in [2.75, 3.05) is 12.4 Å². The van der Waals surface area contributed by atoms with Crippen molar-refractivity contribution in [2.45, 2.75) is 4.90 Å². The van der Waals surface area contributed by atoms with E-state index in [1.54, 1.807) is 18.2 Å². The molecule has 0 unspecified atom stereocenters. The molecule has 178 valence electrons. The molecule has 1 N–H and O–H groups in total. The van der Waals surface area contributed by atoms with E-state index in [9.17, 15) is 28.6 Å². The van der Waals surface area contributed by atoms with Gasteiger partial charge in [-0.05, 0) is 76.7 Å². The van der Waals surface area contributed by atoms with Gasteiger partial charge in [0.2, 0.25) is 0 Å². The number of nitrogens with one attached hydrogen (secondary N) is 1. The first-order chi connectivity index (χ1) is 16.6. The molecule has 0 fully saturated rings. The Kier molecular flexibility index (Phi) is 8.05. The first-order valence-electron chi connectivity index (χ1n) is 9.68. The van der Waals surface area contributed by atoms with Crippen LogP contribution >= 0.6 is 22.6 Å². The predicted octanol–water partition coefficient (Wildman–Crippen LogP) is 4.52. The molecule has 3 aromatic carbocycles. The summed E-state index contributed by atoms with van der Waals surface area (Å²) in [4.78, 5) is 22.3. The molecule has 1 amide bonds. The number of nitro benzene ring substituents is 1. The smallest absolute Gasteiger partial charge is 0.339 e. The lowest BCUT2D eigenvalue weighted by molar-refractivity contribution is -0.384. The number of nitro groups is 1. The molecule has 0 saturated heterocycles. The molecule has 0 atom stereocenters. The fourth-order valence-electron chi connectivity index (χ4n) is 2.82. The number of methoxy groups -OCH3 is 1. The van der Waals surface area contributed by atoms with Gasteiger partial charge in [0.15, 0.2) is 11.5 Å². The maximum Gasteiger partial charge on any atom is 0.339 e. The van der Waals surface area contributed by atoms with Crippen LogP contribution in [0.25, 0.3) is 6.08 Å².